The summed E-state index contributed by atoms with van der Waals surface area (Å²) < 4.78 is 52.4. The average molecular weight is 311 g/mol. The highest BCUT2D eigenvalue weighted by Gasteiger charge is 2.64. The standard InChI is InChI=1S/C13H17F4NO3/c14-9-3-1-2-8(6-9)10(19)18-5-4-12(7-18,11(20)21)13(15,16)17/h8-9H,1-7H2,(H,20,21). The van der Waals surface area contributed by atoms with E-state index < -0.39 is 48.5 Å². The van der Waals surface area contributed by atoms with Crippen LogP contribution >= 0.6 is 0 Å². The number of hydrogen-bond acceptors (Lipinski definition) is 2. The first kappa shape index (κ1) is 16.0. The van der Waals surface area contributed by atoms with Gasteiger partial charge in [-0.05, 0) is 32.1 Å². The van der Waals surface area contributed by atoms with Gasteiger partial charge in [0.25, 0.3) is 0 Å². The number of amides is 1. The summed E-state index contributed by atoms with van der Waals surface area (Å²) in [6.07, 6.45) is -5.32. The molecule has 1 amide bonds. The van der Waals surface area contributed by atoms with E-state index in [9.17, 15) is 27.2 Å². The van der Waals surface area contributed by atoms with Gasteiger partial charge in [-0.15, -0.1) is 0 Å². The normalized spacial score (nSPS) is 34.0. The van der Waals surface area contributed by atoms with Crippen LogP contribution < -0.4 is 0 Å². The number of halogens is 4. The van der Waals surface area contributed by atoms with Crippen LogP contribution in [0.25, 0.3) is 0 Å². The monoisotopic (exact) mass is 311 g/mol. The minimum atomic E-state index is -4.91. The van der Waals surface area contributed by atoms with Crippen molar-refractivity contribution in [1.82, 2.24) is 4.90 Å². The first-order valence-corrected chi connectivity index (χ1v) is 6.90. The Morgan fingerprint density at radius 2 is 1.90 bits per heavy atom. The van der Waals surface area contributed by atoms with Gasteiger partial charge in [0, 0.05) is 19.0 Å². The van der Waals surface area contributed by atoms with Gasteiger partial charge in [-0.25, -0.2) is 4.39 Å². The lowest BCUT2D eigenvalue weighted by molar-refractivity contribution is -0.227. The Balaban J connectivity index is 2.10. The molecule has 2 fully saturated rings. The van der Waals surface area contributed by atoms with Crippen molar-refractivity contribution in [2.75, 3.05) is 13.1 Å². The van der Waals surface area contributed by atoms with Crippen molar-refractivity contribution in [3.8, 4) is 0 Å². The Kier molecular flexibility index (Phi) is 4.17. The van der Waals surface area contributed by atoms with Crippen molar-refractivity contribution in [3.63, 3.8) is 0 Å². The van der Waals surface area contributed by atoms with Crippen LogP contribution in [0.2, 0.25) is 0 Å². The fourth-order valence-corrected chi connectivity index (χ4v) is 3.14. The second kappa shape index (κ2) is 5.46. The quantitative estimate of drug-likeness (QED) is 0.797. The number of alkyl halides is 4. The van der Waals surface area contributed by atoms with Gasteiger partial charge in [0.15, 0.2) is 5.41 Å². The van der Waals surface area contributed by atoms with E-state index in [0.29, 0.717) is 19.3 Å². The Hall–Kier alpha value is -1.34. The highest BCUT2D eigenvalue weighted by molar-refractivity contribution is 5.82. The molecule has 2 rings (SSSR count). The Morgan fingerprint density at radius 3 is 2.38 bits per heavy atom. The average Bonchev–Trinajstić information content (AvgIpc) is 2.83. The number of hydrogen-bond donors (Lipinski definition) is 1. The van der Waals surface area contributed by atoms with E-state index in [0.717, 1.165) is 4.90 Å². The fourth-order valence-electron chi connectivity index (χ4n) is 3.14. The molecule has 3 unspecified atom stereocenters. The van der Waals surface area contributed by atoms with Crippen molar-refractivity contribution in [1.29, 1.82) is 0 Å². The van der Waals surface area contributed by atoms with Crippen LogP contribution in [-0.4, -0.2) is 47.3 Å². The molecule has 1 aliphatic carbocycles. The topological polar surface area (TPSA) is 57.6 Å². The van der Waals surface area contributed by atoms with Crippen molar-refractivity contribution in [3.05, 3.63) is 0 Å². The van der Waals surface area contributed by atoms with Gasteiger partial charge < -0.3 is 10.0 Å². The lowest BCUT2D eigenvalue weighted by atomic mass is 9.85. The number of likely N-dealkylation sites (tertiary alicyclic amines) is 1. The maximum absolute atomic E-state index is 13.3. The maximum atomic E-state index is 13.3. The molecule has 1 heterocycles. The first-order valence-electron chi connectivity index (χ1n) is 6.90. The van der Waals surface area contributed by atoms with E-state index in [1.54, 1.807) is 0 Å². The molecule has 0 radical (unpaired) electrons. The highest BCUT2D eigenvalue weighted by atomic mass is 19.4. The summed E-state index contributed by atoms with van der Waals surface area (Å²) in [4.78, 5) is 24.2. The number of carbonyl (C=O) groups is 2. The zero-order chi connectivity index (χ0) is 15.8. The van der Waals surface area contributed by atoms with Gasteiger partial charge in [0.1, 0.15) is 6.17 Å². The van der Waals surface area contributed by atoms with Gasteiger partial charge in [-0.3, -0.25) is 9.59 Å². The zero-order valence-corrected chi connectivity index (χ0v) is 11.3. The Labute approximate surface area is 119 Å². The van der Waals surface area contributed by atoms with Crippen molar-refractivity contribution >= 4 is 11.9 Å². The summed E-state index contributed by atoms with van der Waals surface area (Å²) in [5.41, 5.74) is -2.90. The number of carboxylic acid groups (broad SMARTS) is 1. The second-order valence-electron chi connectivity index (χ2n) is 5.86. The molecule has 3 atom stereocenters. The number of rotatable bonds is 2. The van der Waals surface area contributed by atoms with E-state index in [1.807, 2.05) is 0 Å². The van der Waals surface area contributed by atoms with E-state index in [2.05, 4.69) is 0 Å². The minimum absolute atomic E-state index is 0.0153. The molecule has 8 heteroatoms. The first-order chi connectivity index (χ1) is 9.67. The molecule has 2 aliphatic rings. The Bertz CT molecular complexity index is 440. The van der Waals surface area contributed by atoms with Crippen molar-refractivity contribution in [2.24, 2.45) is 11.3 Å². The molecule has 0 bridgehead atoms. The van der Waals surface area contributed by atoms with Crippen molar-refractivity contribution in [2.45, 2.75) is 44.5 Å². The van der Waals surface area contributed by atoms with E-state index >= 15 is 0 Å². The van der Waals surface area contributed by atoms with Gasteiger partial charge in [-0.1, -0.05) is 0 Å². The van der Waals surface area contributed by atoms with Crippen LogP contribution in [0.5, 0.6) is 0 Å². The molecular weight excluding hydrogens is 294 g/mol. The van der Waals surface area contributed by atoms with Crippen LogP contribution in [0.3, 0.4) is 0 Å². The second-order valence-corrected chi connectivity index (χ2v) is 5.86. The summed E-state index contributed by atoms with van der Waals surface area (Å²) in [6.45, 7) is -1.13. The van der Waals surface area contributed by atoms with Gasteiger partial charge >= 0.3 is 12.1 Å². The van der Waals surface area contributed by atoms with Crippen LogP contribution in [-0.2, 0) is 9.59 Å². The predicted octanol–water partition coefficient (Wildman–Crippen LogP) is 2.38. The summed E-state index contributed by atoms with van der Waals surface area (Å²) in [7, 11) is 0. The molecule has 4 nitrogen and oxygen atoms in total. The largest absolute Gasteiger partial charge is 0.481 e. The van der Waals surface area contributed by atoms with Gasteiger partial charge in [-0.2, -0.15) is 13.2 Å². The van der Waals surface area contributed by atoms with Crippen molar-refractivity contribution < 1.29 is 32.3 Å². The molecule has 0 aromatic carbocycles. The van der Waals surface area contributed by atoms with E-state index in [4.69, 9.17) is 5.11 Å². The summed E-state index contributed by atoms with van der Waals surface area (Å²) in [5, 5.41) is 8.93. The predicted molar refractivity (Wildman–Crippen MR) is 64.2 cm³/mol. The Morgan fingerprint density at radius 1 is 1.24 bits per heavy atom. The van der Waals surface area contributed by atoms with Gasteiger partial charge in [0.05, 0.1) is 0 Å². The summed E-state index contributed by atoms with van der Waals surface area (Å²) in [5.74, 6) is -3.14. The molecule has 1 aliphatic heterocycles. The van der Waals surface area contributed by atoms with E-state index in [1.165, 1.54) is 0 Å². The summed E-state index contributed by atoms with van der Waals surface area (Å²) in [6, 6.07) is 0. The van der Waals surface area contributed by atoms with Gasteiger partial charge in [0.2, 0.25) is 5.91 Å². The molecule has 0 aromatic heterocycles. The lowest BCUT2D eigenvalue weighted by Gasteiger charge is -2.30. The molecule has 1 saturated heterocycles. The molecule has 0 aromatic rings. The minimum Gasteiger partial charge on any atom is -0.481 e. The third-order valence-electron chi connectivity index (χ3n) is 4.49. The number of carboxylic acids is 1. The van der Waals surface area contributed by atoms with E-state index in [-0.39, 0.29) is 13.0 Å². The third-order valence-corrected chi connectivity index (χ3v) is 4.49. The molecule has 0 spiro atoms. The molecule has 1 N–H and O–H groups in total. The summed E-state index contributed by atoms with van der Waals surface area (Å²) >= 11 is 0. The number of nitrogens with zero attached hydrogens (tertiary/aromatic N) is 1. The van der Waals surface area contributed by atoms with Crippen LogP contribution in [0.4, 0.5) is 17.6 Å². The SMILES string of the molecule is O=C(C1CCCC(F)C1)N1CCC(C(=O)O)(C(F)(F)F)C1. The maximum Gasteiger partial charge on any atom is 0.406 e. The zero-order valence-electron chi connectivity index (χ0n) is 11.3. The molecule has 21 heavy (non-hydrogen) atoms. The molecular formula is C13H17F4NO3. The smallest absolute Gasteiger partial charge is 0.406 e. The van der Waals surface area contributed by atoms with Crippen LogP contribution in [0, 0.1) is 11.3 Å². The molecule has 120 valence electrons. The number of aliphatic carboxylic acids is 1. The number of carbonyl (C=O) groups excluding carboxylic acids is 1. The highest BCUT2D eigenvalue weighted by Crippen LogP contribution is 2.46. The lowest BCUT2D eigenvalue weighted by Crippen LogP contribution is -2.48. The third kappa shape index (κ3) is 2.85. The fraction of sp³-hybridized carbons (Fsp3) is 0.846. The van der Waals surface area contributed by atoms with Crippen LogP contribution in [0.1, 0.15) is 32.1 Å². The van der Waals surface area contributed by atoms with Crippen LogP contribution in [0.15, 0.2) is 0 Å². The molecule has 1 saturated carbocycles.